The van der Waals surface area contributed by atoms with Crippen LogP contribution in [0.15, 0.2) is 96.1 Å². The summed E-state index contributed by atoms with van der Waals surface area (Å²) in [6.07, 6.45) is 4.89. The van der Waals surface area contributed by atoms with E-state index in [2.05, 4.69) is 0 Å². The molecule has 2 atom stereocenters. The summed E-state index contributed by atoms with van der Waals surface area (Å²) in [6, 6.07) is 19.4. The van der Waals surface area contributed by atoms with Crippen LogP contribution in [-0.2, 0) is 4.74 Å². The first-order chi connectivity index (χ1) is 18.4. The minimum absolute atomic E-state index is 0.0739. The molecule has 0 fully saturated rings. The van der Waals surface area contributed by atoms with Gasteiger partial charge in [-0.1, -0.05) is 48.6 Å². The molecule has 7 rings (SSSR count). The number of ether oxygens (including phenoxy) is 3. The lowest BCUT2D eigenvalue weighted by Crippen LogP contribution is -2.47. The Morgan fingerprint density at radius 3 is 1.76 bits per heavy atom. The van der Waals surface area contributed by atoms with Crippen molar-refractivity contribution in [1.82, 2.24) is 0 Å². The Bertz CT molecular complexity index is 1570. The van der Waals surface area contributed by atoms with Crippen LogP contribution >= 0.6 is 0 Å². The number of Topliss-reactive ketones (excluding diaryl/α,β-unsaturated/α-hetero) is 2. The fourth-order valence-electron chi connectivity index (χ4n) is 5.46. The summed E-state index contributed by atoms with van der Waals surface area (Å²) in [4.78, 5) is 54.0. The normalized spacial score (nSPS) is 21.1. The number of carbonyl (C=O) groups is 4. The topological polar surface area (TPSA) is 96.0 Å². The van der Waals surface area contributed by atoms with E-state index in [1.54, 1.807) is 60.7 Å². The molecule has 188 valence electrons. The minimum atomic E-state index is -1.05. The molecule has 0 amide bonds. The molecule has 0 aromatic heterocycles. The number of fused-ring (bicyclic) bond motifs is 2. The second-order valence-corrected chi connectivity index (χ2v) is 9.37. The molecule has 3 aromatic rings. The standard InChI is InChI=1S/C31H22O7/c1-36-31-16-14-18(15-17-31)23-26(31)28(33)25-22(38-30(35)20-10-6-3-7-11-20)13-12-21(24(25)27(23)32)37-29(34)19-8-4-2-5-9-19/h2-14,16,18H,15,17H2,1H3/t18-,31+/m1/s1. The highest BCUT2D eigenvalue weighted by Gasteiger charge is 2.52. The van der Waals surface area contributed by atoms with Gasteiger partial charge in [0, 0.05) is 24.2 Å². The average Bonchev–Trinajstić information content (AvgIpc) is 2.97. The van der Waals surface area contributed by atoms with E-state index in [0.717, 1.165) is 0 Å². The van der Waals surface area contributed by atoms with Crippen molar-refractivity contribution in [2.45, 2.75) is 18.4 Å². The summed E-state index contributed by atoms with van der Waals surface area (Å²) in [5, 5.41) is 0. The summed E-state index contributed by atoms with van der Waals surface area (Å²) in [6.45, 7) is 0. The van der Waals surface area contributed by atoms with Crippen LogP contribution in [0.1, 0.15) is 54.3 Å². The first-order valence-corrected chi connectivity index (χ1v) is 12.2. The lowest BCUT2D eigenvalue weighted by atomic mass is 9.62. The van der Waals surface area contributed by atoms with Crippen molar-refractivity contribution in [1.29, 1.82) is 0 Å². The van der Waals surface area contributed by atoms with Gasteiger partial charge in [-0.15, -0.1) is 0 Å². The molecular formula is C31H22O7. The predicted octanol–water partition coefficient (Wildman–Crippen LogP) is 5.17. The summed E-state index contributed by atoms with van der Waals surface area (Å²) in [7, 11) is 1.50. The van der Waals surface area contributed by atoms with Crippen molar-refractivity contribution >= 4 is 23.5 Å². The molecule has 2 bridgehead atoms. The van der Waals surface area contributed by atoms with Crippen LogP contribution in [-0.4, -0.2) is 36.2 Å². The number of benzene rings is 3. The van der Waals surface area contributed by atoms with Crippen molar-refractivity contribution < 1.29 is 33.4 Å². The van der Waals surface area contributed by atoms with Gasteiger partial charge in [0.05, 0.1) is 22.3 Å². The Hall–Kier alpha value is -4.62. The Morgan fingerprint density at radius 1 is 0.763 bits per heavy atom. The van der Waals surface area contributed by atoms with Crippen molar-refractivity contribution in [3.63, 3.8) is 0 Å². The van der Waals surface area contributed by atoms with Crippen LogP contribution in [0.25, 0.3) is 0 Å². The quantitative estimate of drug-likeness (QED) is 0.268. The molecule has 0 saturated heterocycles. The lowest BCUT2D eigenvalue weighted by molar-refractivity contribution is 0.0341. The van der Waals surface area contributed by atoms with E-state index in [4.69, 9.17) is 14.2 Å². The van der Waals surface area contributed by atoms with Gasteiger partial charge in [0.2, 0.25) is 0 Å². The first kappa shape index (κ1) is 23.8. The SMILES string of the molecule is CO[C@@]12C=C[C@H](CC1)C1=C2C(=O)c2c(OC(=O)c3ccccc3)ccc(OC(=O)c3ccccc3)c2C1=O. The van der Waals surface area contributed by atoms with Crippen LogP contribution in [0.2, 0.25) is 0 Å². The number of carbonyl (C=O) groups excluding carboxylic acids is 4. The highest BCUT2D eigenvalue weighted by molar-refractivity contribution is 6.30. The number of hydrogen-bond donors (Lipinski definition) is 0. The van der Waals surface area contributed by atoms with Crippen molar-refractivity contribution in [3.8, 4) is 11.5 Å². The molecular weight excluding hydrogens is 484 g/mol. The monoisotopic (exact) mass is 506 g/mol. The van der Waals surface area contributed by atoms with E-state index in [-0.39, 0.29) is 45.2 Å². The third-order valence-electron chi connectivity index (χ3n) is 7.33. The van der Waals surface area contributed by atoms with Gasteiger partial charge in [0.25, 0.3) is 0 Å². The van der Waals surface area contributed by atoms with E-state index in [1.807, 2.05) is 12.2 Å². The molecule has 0 radical (unpaired) electrons. The molecule has 3 aromatic carbocycles. The summed E-state index contributed by atoms with van der Waals surface area (Å²) >= 11 is 0. The molecule has 0 N–H and O–H groups in total. The summed E-state index contributed by atoms with van der Waals surface area (Å²) in [5.41, 5.74) is -0.109. The average molecular weight is 507 g/mol. The zero-order valence-corrected chi connectivity index (χ0v) is 20.4. The van der Waals surface area contributed by atoms with Gasteiger partial charge in [-0.25, -0.2) is 9.59 Å². The van der Waals surface area contributed by atoms with Crippen LogP contribution in [0, 0.1) is 5.92 Å². The molecule has 0 heterocycles. The maximum atomic E-state index is 14.1. The first-order valence-electron chi connectivity index (χ1n) is 12.2. The summed E-state index contributed by atoms with van der Waals surface area (Å²) < 4.78 is 17.1. The maximum Gasteiger partial charge on any atom is 0.343 e. The molecule has 0 saturated carbocycles. The Balaban J connectivity index is 1.49. The molecule has 7 heteroatoms. The zero-order chi connectivity index (χ0) is 26.4. The van der Waals surface area contributed by atoms with Gasteiger partial charge < -0.3 is 14.2 Å². The number of esters is 2. The number of allylic oxidation sites excluding steroid dienone is 2. The Kier molecular flexibility index (Phi) is 5.65. The van der Waals surface area contributed by atoms with Crippen LogP contribution < -0.4 is 9.47 Å². The zero-order valence-electron chi connectivity index (χ0n) is 20.4. The second-order valence-electron chi connectivity index (χ2n) is 9.37. The Labute approximate surface area is 218 Å². The van der Waals surface area contributed by atoms with Gasteiger partial charge in [0.15, 0.2) is 11.6 Å². The lowest BCUT2D eigenvalue weighted by Gasteiger charge is -2.45. The fourth-order valence-corrected chi connectivity index (χ4v) is 5.46. The van der Waals surface area contributed by atoms with E-state index >= 15 is 0 Å². The smallest absolute Gasteiger partial charge is 0.343 e. The third kappa shape index (κ3) is 3.63. The van der Waals surface area contributed by atoms with E-state index in [9.17, 15) is 19.2 Å². The Morgan fingerprint density at radius 2 is 1.29 bits per heavy atom. The van der Waals surface area contributed by atoms with Crippen molar-refractivity contribution in [2.75, 3.05) is 7.11 Å². The fraction of sp³-hybridized carbons (Fsp3) is 0.161. The molecule has 0 aliphatic heterocycles. The van der Waals surface area contributed by atoms with Gasteiger partial charge in [0.1, 0.15) is 17.1 Å². The predicted molar refractivity (Wildman–Crippen MR) is 137 cm³/mol. The van der Waals surface area contributed by atoms with Crippen LogP contribution in [0.3, 0.4) is 0 Å². The number of hydrogen-bond acceptors (Lipinski definition) is 7. The minimum Gasteiger partial charge on any atom is -0.422 e. The largest absolute Gasteiger partial charge is 0.422 e. The molecule has 4 aliphatic rings. The van der Waals surface area contributed by atoms with Crippen LogP contribution in [0.4, 0.5) is 0 Å². The maximum absolute atomic E-state index is 14.1. The summed E-state index contributed by atoms with van der Waals surface area (Å²) in [5.74, 6) is -2.73. The molecule has 7 nitrogen and oxygen atoms in total. The van der Waals surface area contributed by atoms with Gasteiger partial charge in [-0.05, 0) is 49.2 Å². The van der Waals surface area contributed by atoms with E-state index in [0.29, 0.717) is 18.4 Å². The molecule has 38 heavy (non-hydrogen) atoms. The molecule has 0 spiro atoms. The van der Waals surface area contributed by atoms with E-state index < -0.39 is 29.1 Å². The van der Waals surface area contributed by atoms with Gasteiger partial charge in [-0.2, -0.15) is 0 Å². The second kappa shape index (κ2) is 9.04. The van der Waals surface area contributed by atoms with E-state index in [1.165, 1.54) is 19.2 Å². The van der Waals surface area contributed by atoms with Crippen LogP contribution in [0.5, 0.6) is 11.5 Å². The highest BCUT2D eigenvalue weighted by Crippen LogP contribution is 2.52. The number of methoxy groups -OCH3 is 1. The van der Waals surface area contributed by atoms with Gasteiger partial charge >= 0.3 is 11.9 Å². The molecule has 0 unspecified atom stereocenters. The van der Waals surface area contributed by atoms with Crippen molar-refractivity contribution in [3.05, 3.63) is 118 Å². The third-order valence-corrected chi connectivity index (χ3v) is 7.33. The molecule has 4 aliphatic carbocycles. The van der Waals surface area contributed by atoms with Gasteiger partial charge in [-0.3, -0.25) is 9.59 Å². The van der Waals surface area contributed by atoms with Crippen molar-refractivity contribution in [2.24, 2.45) is 5.92 Å². The number of ketones is 2. The highest BCUT2D eigenvalue weighted by atomic mass is 16.5. The number of rotatable bonds is 5.